The van der Waals surface area contributed by atoms with Crippen LogP contribution in [0.3, 0.4) is 0 Å². The van der Waals surface area contributed by atoms with E-state index in [0.717, 1.165) is 10.1 Å². The number of hydrogen-bond donors (Lipinski definition) is 2. The van der Waals surface area contributed by atoms with Crippen molar-refractivity contribution in [2.75, 3.05) is 5.32 Å². The Balaban J connectivity index is 2.16. The Morgan fingerprint density at radius 3 is 2.71 bits per heavy atom. The van der Waals surface area contributed by atoms with Crippen LogP contribution in [-0.4, -0.2) is 14.5 Å². The maximum atomic E-state index is 11.4. The first kappa shape index (κ1) is 11.1. The molecule has 0 aliphatic rings. The highest BCUT2D eigenvalue weighted by atomic mass is 16.2. The summed E-state index contributed by atoms with van der Waals surface area (Å²) in [5.74, 6) is 0.412. The summed E-state index contributed by atoms with van der Waals surface area (Å²) in [5.41, 5.74) is 0.238. The van der Waals surface area contributed by atoms with Crippen LogP contribution in [0, 0.1) is 0 Å². The summed E-state index contributed by atoms with van der Waals surface area (Å²) in [6, 6.07) is 5.06. The molecule has 0 radical (unpaired) electrons. The maximum absolute atomic E-state index is 11.4. The van der Waals surface area contributed by atoms with Crippen molar-refractivity contribution in [3.05, 3.63) is 57.0 Å². The van der Waals surface area contributed by atoms with E-state index in [-0.39, 0.29) is 5.56 Å². The molecule has 0 saturated carbocycles. The topological polar surface area (TPSA) is 79.8 Å². The molecule has 0 aliphatic heterocycles. The molecule has 88 valence electrons. The molecule has 2 aromatic heterocycles. The zero-order valence-corrected chi connectivity index (χ0v) is 9.30. The van der Waals surface area contributed by atoms with Gasteiger partial charge in [-0.15, -0.1) is 0 Å². The zero-order chi connectivity index (χ0) is 12.3. The molecule has 0 unspecified atom stereocenters. The van der Waals surface area contributed by atoms with Gasteiger partial charge in [0, 0.05) is 32.1 Å². The summed E-state index contributed by atoms with van der Waals surface area (Å²) in [5, 5.41) is 2.97. The fourth-order valence-corrected chi connectivity index (χ4v) is 1.35. The van der Waals surface area contributed by atoms with Crippen LogP contribution < -0.4 is 16.6 Å². The van der Waals surface area contributed by atoms with Gasteiger partial charge in [-0.25, -0.2) is 4.79 Å². The van der Waals surface area contributed by atoms with Gasteiger partial charge in [0.25, 0.3) is 5.56 Å². The minimum atomic E-state index is -0.435. The molecular weight excluding hydrogens is 220 g/mol. The minimum Gasteiger partial charge on any atom is -0.367 e. The van der Waals surface area contributed by atoms with E-state index in [1.807, 2.05) is 12.1 Å². The molecule has 0 aromatic carbocycles. The Kier molecular flexibility index (Phi) is 3.04. The second-order valence-corrected chi connectivity index (χ2v) is 3.59. The number of anilines is 1. The fourth-order valence-electron chi connectivity index (χ4n) is 1.35. The van der Waals surface area contributed by atoms with Crippen LogP contribution in [0.5, 0.6) is 0 Å². The first-order valence-electron chi connectivity index (χ1n) is 5.10. The summed E-state index contributed by atoms with van der Waals surface area (Å²) in [4.78, 5) is 29.2. The van der Waals surface area contributed by atoms with E-state index in [1.54, 1.807) is 12.4 Å². The highest BCUT2D eigenvalue weighted by Gasteiger charge is 1.99. The van der Waals surface area contributed by atoms with Crippen LogP contribution >= 0.6 is 0 Å². The van der Waals surface area contributed by atoms with Crippen molar-refractivity contribution in [2.24, 2.45) is 7.05 Å². The Labute approximate surface area is 97.0 Å². The number of nitrogens with one attached hydrogen (secondary N) is 2. The first-order chi connectivity index (χ1) is 8.16. The Hall–Kier alpha value is -2.37. The van der Waals surface area contributed by atoms with Gasteiger partial charge in [0.2, 0.25) is 0 Å². The standard InChI is InChI=1S/C11H12N4O2/c1-15-10(16)6-9(14-11(15)17)13-7-8-2-4-12-5-3-8/h2-6,13H,7H2,1H3,(H,14,17). The highest BCUT2D eigenvalue weighted by Crippen LogP contribution is 2.00. The molecular formula is C11H12N4O2. The lowest BCUT2D eigenvalue weighted by Gasteiger charge is -2.06. The zero-order valence-electron chi connectivity index (χ0n) is 9.30. The van der Waals surface area contributed by atoms with Gasteiger partial charge in [0.15, 0.2) is 0 Å². The summed E-state index contributed by atoms with van der Waals surface area (Å²) in [6.45, 7) is 0.519. The number of aromatic nitrogens is 3. The van der Waals surface area contributed by atoms with E-state index in [9.17, 15) is 9.59 Å². The fraction of sp³-hybridized carbons (Fsp3) is 0.182. The SMILES string of the molecule is Cn1c(=O)cc(NCc2ccncc2)[nH]c1=O. The first-order valence-corrected chi connectivity index (χ1v) is 5.10. The third-order valence-corrected chi connectivity index (χ3v) is 2.38. The number of aromatic amines is 1. The molecule has 0 spiro atoms. The molecule has 0 aliphatic carbocycles. The van der Waals surface area contributed by atoms with Crippen molar-refractivity contribution < 1.29 is 0 Å². The van der Waals surface area contributed by atoms with Gasteiger partial charge in [0.1, 0.15) is 5.82 Å². The lowest BCUT2D eigenvalue weighted by molar-refractivity contribution is 0.776. The third-order valence-electron chi connectivity index (χ3n) is 2.38. The van der Waals surface area contributed by atoms with Crippen molar-refractivity contribution in [1.82, 2.24) is 14.5 Å². The lowest BCUT2D eigenvalue weighted by atomic mass is 10.3. The molecule has 2 aromatic rings. The van der Waals surface area contributed by atoms with Gasteiger partial charge >= 0.3 is 5.69 Å². The minimum absolute atomic E-state index is 0.342. The van der Waals surface area contributed by atoms with E-state index >= 15 is 0 Å². The molecule has 0 amide bonds. The van der Waals surface area contributed by atoms with Gasteiger partial charge in [-0.2, -0.15) is 0 Å². The molecule has 0 saturated heterocycles. The number of rotatable bonds is 3. The normalized spacial score (nSPS) is 10.2. The van der Waals surface area contributed by atoms with Gasteiger partial charge in [-0.1, -0.05) is 0 Å². The number of H-pyrrole nitrogens is 1. The molecule has 6 heteroatoms. The Bertz CT molecular complexity index is 584. The van der Waals surface area contributed by atoms with Crippen molar-refractivity contribution >= 4 is 5.82 Å². The highest BCUT2D eigenvalue weighted by molar-refractivity contribution is 5.33. The Morgan fingerprint density at radius 2 is 2.06 bits per heavy atom. The quantitative estimate of drug-likeness (QED) is 0.785. The van der Waals surface area contributed by atoms with Crippen molar-refractivity contribution in [1.29, 1.82) is 0 Å². The molecule has 0 fully saturated rings. The van der Waals surface area contributed by atoms with Crippen LogP contribution in [-0.2, 0) is 13.6 Å². The predicted octanol–water partition coefficient (Wildman–Crippen LogP) is 0.0807. The number of pyridine rings is 1. The van der Waals surface area contributed by atoms with E-state index in [4.69, 9.17) is 0 Å². The van der Waals surface area contributed by atoms with Crippen LogP contribution in [0.2, 0.25) is 0 Å². The molecule has 2 heterocycles. The van der Waals surface area contributed by atoms with Crippen molar-refractivity contribution in [3.8, 4) is 0 Å². The average molecular weight is 232 g/mol. The summed E-state index contributed by atoms with van der Waals surface area (Å²) < 4.78 is 1.01. The van der Waals surface area contributed by atoms with Crippen LogP contribution in [0.4, 0.5) is 5.82 Å². The number of hydrogen-bond acceptors (Lipinski definition) is 4. The van der Waals surface area contributed by atoms with E-state index in [1.165, 1.54) is 13.1 Å². The summed E-state index contributed by atoms with van der Waals surface area (Å²) in [7, 11) is 1.42. The van der Waals surface area contributed by atoms with E-state index in [2.05, 4.69) is 15.3 Å². The maximum Gasteiger partial charge on any atom is 0.329 e. The second kappa shape index (κ2) is 4.65. The van der Waals surface area contributed by atoms with Crippen LogP contribution in [0.1, 0.15) is 5.56 Å². The van der Waals surface area contributed by atoms with Gasteiger partial charge in [0.05, 0.1) is 0 Å². The van der Waals surface area contributed by atoms with Crippen molar-refractivity contribution in [2.45, 2.75) is 6.54 Å². The molecule has 2 N–H and O–H groups in total. The molecule has 17 heavy (non-hydrogen) atoms. The lowest BCUT2D eigenvalue weighted by Crippen LogP contribution is -2.32. The second-order valence-electron chi connectivity index (χ2n) is 3.59. The molecule has 6 nitrogen and oxygen atoms in total. The third kappa shape index (κ3) is 2.60. The molecule has 0 atom stereocenters. The predicted molar refractivity (Wildman–Crippen MR) is 63.9 cm³/mol. The summed E-state index contributed by atoms with van der Waals surface area (Å²) >= 11 is 0. The van der Waals surface area contributed by atoms with Crippen LogP contribution in [0.25, 0.3) is 0 Å². The smallest absolute Gasteiger partial charge is 0.329 e. The Morgan fingerprint density at radius 1 is 1.35 bits per heavy atom. The van der Waals surface area contributed by atoms with Crippen LogP contribution in [0.15, 0.2) is 40.2 Å². The van der Waals surface area contributed by atoms with Crippen molar-refractivity contribution in [3.63, 3.8) is 0 Å². The average Bonchev–Trinajstić information content (AvgIpc) is 2.34. The van der Waals surface area contributed by atoms with Gasteiger partial charge in [-0.05, 0) is 17.7 Å². The molecule has 0 bridgehead atoms. The van der Waals surface area contributed by atoms with E-state index in [0.29, 0.717) is 12.4 Å². The van der Waals surface area contributed by atoms with Gasteiger partial charge < -0.3 is 5.32 Å². The monoisotopic (exact) mass is 232 g/mol. The van der Waals surface area contributed by atoms with Gasteiger partial charge in [-0.3, -0.25) is 19.3 Å². The molecule has 2 rings (SSSR count). The number of nitrogens with zero attached hydrogens (tertiary/aromatic N) is 2. The largest absolute Gasteiger partial charge is 0.367 e. The summed E-state index contributed by atoms with van der Waals surface area (Å²) in [6.07, 6.45) is 3.37. The van der Waals surface area contributed by atoms with E-state index < -0.39 is 5.69 Å².